The third kappa shape index (κ3) is 3.36. The normalized spacial score (nSPS) is 18.0. The highest BCUT2D eigenvalue weighted by atomic mass is 32.1. The van der Waals surface area contributed by atoms with Crippen molar-refractivity contribution in [2.45, 2.75) is 37.5 Å². The molecular weight excluding hydrogens is 435 g/mol. The van der Waals surface area contributed by atoms with Crippen LogP contribution in [0, 0.1) is 11.6 Å². The molecule has 0 unspecified atom stereocenters. The van der Waals surface area contributed by atoms with Crippen LogP contribution in [0.2, 0.25) is 0 Å². The molecule has 1 spiro atoms. The van der Waals surface area contributed by atoms with Gasteiger partial charge in [0.1, 0.15) is 10.5 Å². The second kappa shape index (κ2) is 6.86. The molecule has 0 bridgehead atoms. The number of carbonyl (C=O) groups excluding carboxylic acids is 2. The molecule has 1 saturated heterocycles. The molecule has 1 saturated carbocycles. The molecule has 0 radical (unpaired) electrons. The lowest BCUT2D eigenvalue weighted by atomic mass is 10.2. The van der Waals surface area contributed by atoms with E-state index in [2.05, 4.69) is 10.2 Å². The number of imide groups is 1. The Hall–Kier alpha value is -2.83. The predicted molar refractivity (Wildman–Crippen MR) is 92.2 cm³/mol. The van der Waals surface area contributed by atoms with Crippen LogP contribution < -0.4 is 0 Å². The Balaban J connectivity index is 1.55. The van der Waals surface area contributed by atoms with Crippen LogP contribution in [0.4, 0.5) is 26.7 Å². The predicted octanol–water partition coefficient (Wildman–Crippen LogP) is 3.44. The maximum Gasteiger partial charge on any atom is 0.390 e. The summed E-state index contributed by atoms with van der Waals surface area (Å²) >= 11 is 0.853. The quantitative estimate of drug-likeness (QED) is 0.560. The SMILES string of the molecule is O=C1N(CCC(F)(F)F)C(=O)C2(CC2)N1Cc1nnc(-c2ccc(F)c(O)c2F)s1. The van der Waals surface area contributed by atoms with Crippen LogP contribution in [0.5, 0.6) is 5.75 Å². The highest BCUT2D eigenvalue weighted by Crippen LogP contribution is 2.49. The van der Waals surface area contributed by atoms with Crippen molar-refractivity contribution >= 4 is 23.3 Å². The number of alkyl halides is 3. The van der Waals surface area contributed by atoms with Gasteiger partial charge in [-0.2, -0.15) is 13.2 Å². The number of phenolic OH excluding ortho intramolecular Hbond substituents is 1. The van der Waals surface area contributed by atoms with Crippen molar-refractivity contribution in [1.29, 1.82) is 0 Å². The van der Waals surface area contributed by atoms with E-state index in [0.717, 1.165) is 28.4 Å². The maximum absolute atomic E-state index is 14.1. The molecule has 2 aliphatic rings. The minimum atomic E-state index is -4.51. The van der Waals surface area contributed by atoms with E-state index in [1.54, 1.807) is 0 Å². The Morgan fingerprint density at radius 1 is 1.17 bits per heavy atom. The zero-order chi connectivity index (χ0) is 21.8. The van der Waals surface area contributed by atoms with Crippen LogP contribution >= 0.6 is 11.3 Å². The Morgan fingerprint density at radius 3 is 2.50 bits per heavy atom. The topological polar surface area (TPSA) is 86.6 Å². The Kier molecular flexibility index (Phi) is 4.67. The molecule has 1 aromatic carbocycles. The molecule has 13 heteroatoms. The highest BCUT2D eigenvalue weighted by molar-refractivity contribution is 7.14. The molecular formula is C17H13F5N4O3S. The average molecular weight is 448 g/mol. The van der Waals surface area contributed by atoms with Gasteiger partial charge in [-0.05, 0) is 25.0 Å². The molecule has 3 amide bonds. The number of halogens is 5. The van der Waals surface area contributed by atoms with Gasteiger partial charge in [-0.3, -0.25) is 9.69 Å². The summed E-state index contributed by atoms with van der Waals surface area (Å²) in [5.41, 5.74) is -1.37. The zero-order valence-corrected chi connectivity index (χ0v) is 15.9. The number of phenols is 1. The minimum Gasteiger partial charge on any atom is -0.503 e. The molecule has 1 aromatic heterocycles. The number of hydrogen-bond donors (Lipinski definition) is 1. The van der Waals surface area contributed by atoms with Crippen molar-refractivity contribution in [3.8, 4) is 16.3 Å². The largest absolute Gasteiger partial charge is 0.503 e. The van der Waals surface area contributed by atoms with Gasteiger partial charge in [-0.25, -0.2) is 13.6 Å². The first-order valence-corrected chi connectivity index (χ1v) is 9.55. The maximum atomic E-state index is 14.1. The molecule has 7 nitrogen and oxygen atoms in total. The van der Waals surface area contributed by atoms with Gasteiger partial charge in [0.2, 0.25) is 0 Å². The van der Waals surface area contributed by atoms with Gasteiger partial charge in [0.15, 0.2) is 22.4 Å². The lowest BCUT2D eigenvalue weighted by Crippen LogP contribution is -2.36. The number of benzene rings is 1. The van der Waals surface area contributed by atoms with Gasteiger partial charge in [-0.1, -0.05) is 11.3 Å². The van der Waals surface area contributed by atoms with E-state index in [0.29, 0.717) is 17.7 Å². The fourth-order valence-corrected chi connectivity index (χ4v) is 4.15. The van der Waals surface area contributed by atoms with E-state index >= 15 is 0 Å². The molecule has 4 rings (SSSR count). The van der Waals surface area contributed by atoms with Crippen molar-refractivity contribution in [2.24, 2.45) is 0 Å². The smallest absolute Gasteiger partial charge is 0.390 e. The second-order valence-electron chi connectivity index (χ2n) is 6.98. The fourth-order valence-electron chi connectivity index (χ4n) is 3.31. The van der Waals surface area contributed by atoms with Crippen molar-refractivity contribution < 1.29 is 36.6 Å². The van der Waals surface area contributed by atoms with Crippen LogP contribution in [-0.4, -0.2) is 55.3 Å². The summed E-state index contributed by atoms with van der Waals surface area (Å²) in [7, 11) is 0. The van der Waals surface area contributed by atoms with Gasteiger partial charge in [0, 0.05) is 6.54 Å². The number of amides is 3. The monoisotopic (exact) mass is 448 g/mol. The van der Waals surface area contributed by atoms with Crippen LogP contribution in [-0.2, 0) is 11.3 Å². The van der Waals surface area contributed by atoms with E-state index < -0.39 is 54.0 Å². The summed E-state index contributed by atoms with van der Waals surface area (Å²) in [4.78, 5) is 26.9. The third-order valence-corrected chi connectivity index (χ3v) is 5.96. The van der Waals surface area contributed by atoms with Gasteiger partial charge in [0.05, 0.1) is 18.5 Å². The standard InChI is InChI=1S/C17H13F5N4O3S/c18-9-2-1-8(11(19)12(9)27)13-24-23-10(30-13)7-26-15(29)25(6-5-17(20,21)22)14(28)16(26)3-4-16/h1-2,27H,3-7H2. The number of hydrogen-bond acceptors (Lipinski definition) is 6. The fraction of sp³-hybridized carbons (Fsp3) is 0.412. The zero-order valence-electron chi connectivity index (χ0n) is 15.0. The molecule has 30 heavy (non-hydrogen) atoms. The molecule has 160 valence electrons. The molecule has 1 aliphatic carbocycles. The summed E-state index contributed by atoms with van der Waals surface area (Å²) in [6.07, 6.45) is -5.16. The van der Waals surface area contributed by atoms with Crippen LogP contribution in [0.3, 0.4) is 0 Å². The first-order chi connectivity index (χ1) is 14.0. The first kappa shape index (κ1) is 20.4. The Bertz CT molecular complexity index is 1040. The number of carbonyl (C=O) groups is 2. The average Bonchev–Trinajstić information content (AvgIpc) is 3.30. The Labute approximate surface area is 169 Å². The van der Waals surface area contributed by atoms with Gasteiger partial charge < -0.3 is 10.0 Å². The Morgan fingerprint density at radius 2 is 1.87 bits per heavy atom. The van der Waals surface area contributed by atoms with Crippen molar-refractivity contribution in [1.82, 2.24) is 20.0 Å². The lowest BCUT2D eigenvalue weighted by molar-refractivity contribution is -0.141. The number of aromatic hydroxyl groups is 1. The summed E-state index contributed by atoms with van der Waals surface area (Å²) in [5, 5.41) is 17.2. The second-order valence-corrected chi connectivity index (χ2v) is 8.04. The van der Waals surface area contributed by atoms with Crippen molar-refractivity contribution in [2.75, 3.05) is 6.54 Å². The van der Waals surface area contributed by atoms with Crippen LogP contribution in [0.15, 0.2) is 12.1 Å². The summed E-state index contributed by atoms with van der Waals surface area (Å²) in [6, 6.07) is 1.08. The van der Waals surface area contributed by atoms with Gasteiger partial charge >= 0.3 is 12.2 Å². The van der Waals surface area contributed by atoms with Gasteiger partial charge in [0.25, 0.3) is 5.91 Å². The highest BCUT2D eigenvalue weighted by Gasteiger charge is 2.64. The minimum absolute atomic E-state index is 0.00884. The lowest BCUT2D eigenvalue weighted by Gasteiger charge is -2.19. The van der Waals surface area contributed by atoms with Crippen molar-refractivity contribution in [3.05, 3.63) is 28.8 Å². The van der Waals surface area contributed by atoms with Crippen LogP contribution in [0.1, 0.15) is 24.3 Å². The van der Waals surface area contributed by atoms with E-state index in [4.69, 9.17) is 0 Å². The van der Waals surface area contributed by atoms with Crippen molar-refractivity contribution in [3.63, 3.8) is 0 Å². The van der Waals surface area contributed by atoms with Gasteiger partial charge in [-0.15, -0.1) is 10.2 Å². The molecule has 2 heterocycles. The summed E-state index contributed by atoms with van der Waals surface area (Å²) < 4.78 is 64.8. The van der Waals surface area contributed by atoms with Crippen LogP contribution in [0.25, 0.3) is 10.6 Å². The molecule has 1 aliphatic heterocycles. The third-order valence-electron chi connectivity index (χ3n) is 5.02. The molecule has 2 aromatic rings. The van der Waals surface area contributed by atoms with E-state index in [1.165, 1.54) is 0 Å². The van der Waals surface area contributed by atoms with E-state index in [9.17, 15) is 36.6 Å². The number of nitrogens with zero attached hydrogens (tertiary/aromatic N) is 4. The van der Waals surface area contributed by atoms with E-state index in [-0.39, 0.29) is 22.1 Å². The first-order valence-electron chi connectivity index (χ1n) is 8.73. The molecule has 2 fully saturated rings. The number of aromatic nitrogens is 2. The molecule has 1 N–H and O–H groups in total. The number of rotatable bonds is 5. The summed E-state index contributed by atoms with van der Waals surface area (Å²) in [6.45, 7) is -0.958. The summed E-state index contributed by atoms with van der Waals surface area (Å²) in [5.74, 6) is -4.20. The number of urea groups is 1. The molecule has 0 atom stereocenters. The van der Waals surface area contributed by atoms with E-state index in [1.807, 2.05) is 0 Å².